The molecule has 0 aliphatic carbocycles. The smallest absolute Gasteiger partial charge is 0.225 e. The van der Waals surface area contributed by atoms with Crippen LogP contribution in [0.4, 0.5) is 5.69 Å². The summed E-state index contributed by atoms with van der Waals surface area (Å²) in [6.07, 6.45) is 0.320. The minimum atomic E-state index is -3.69. The molecule has 1 aliphatic rings. The second-order valence-electron chi connectivity index (χ2n) is 6.87. The summed E-state index contributed by atoms with van der Waals surface area (Å²) in [4.78, 5) is 13.6. The van der Waals surface area contributed by atoms with Crippen molar-refractivity contribution in [2.75, 3.05) is 5.32 Å². The topological polar surface area (TPSA) is 63.2 Å². The van der Waals surface area contributed by atoms with Crippen LogP contribution in [-0.4, -0.2) is 14.3 Å². The summed E-state index contributed by atoms with van der Waals surface area (Å²) in [6.45, 7) is 3.93. The summed E-state index contributed by atoms with van der Waals surface area (Å²) in [5, 5.41) is 4.44. The maximum absolute atomic E-state index is 13.1. The number of carbonyl (C=O) groups excluding carboxylic acids is 1. The third-order valence-corrected chi connectivity index (χ3v) is 7.90. The molecule has 0 spiro atoms. The minimum absolute atomic E-state index is 0.124. The van der Waals surface area contributed by atoms with E-state index in [2.05, 4.69) is 5.32 Å². The molecule has 1 amide bonds. The number of anilines is 1. The van der Waals surface area contributed by atoms with E-state index in [1.54, 1.807) is 29.6 Å². The van der Waals surface area contributed by atoms with Crippen LogP contribution in [0.3, 0.4) is 0 Å². The molecule has 1 atom stereocenters. The summed E-state index contributed by atoms with van der Waals surface area (Å²) in [6, 6.07) is 14.8. The van der Waals surface area contributed by atoms with Gasteiger partial charge in [-0.3, -0.25) is 4.79 Å². The van der Waals surface area contributed by atoms with Gasteiger partial charge in [0.05, 0.1) is 10.6 Å². The van der Waals surface area contributed by atoms with Crippen LogP contribution >= 0.6 is 11.3 Å². The lowest BCUT2D eigenvalue weighted by Gasteiger charge is -2.24. The molecular formula is C21H19NO3S2. The number of thiophene rings is 1. The van der Waals surface area contributed by atoms with E-state index in [9.17, 15) is 13.2 Å². The first-order valence-corrected chi connectivity index (χ1v) is 11.0. The van der Waals surface area contributed by atoms with Crippen LogP contribution in [-0.2, 0) is 14.6 Å². The Morgan fingerprint density at radius 2 is 1.56 bits per heavy atom. The van der Waals surface area contributed by atoms with Gasteiger partial charge in [-0.05, 0) is 31.5 Å². The fourth-order valence-corrected chi connectivity index (χ4v) is 6.22. The summed E-state index contributed by atoms with van der Waals surface area (Å²) >= 11 is 1.39. The number of sulfone groups is 1. The Morgan fingerprint density at radius 1 is 0.963 bits per heavy atom. The van der Waals surface area contributed by atoms with Crippen molar-refractivity contribution in [3.8, 4) is 0 Å². The number of fused-ring (bicyclic) bond motifs is 1. The molecule has 4 rings (SSSR count). The molecule has 2 heterocycles. The van der Waals surface area contributed by atoms with Crippen molar-refractivity contribution in [1.29, 1.82) is 0 Å². The molecule has 6 heteroatoms. The Labute approximate surface area is 162 Å². The van der Waals surface area contributed by atoms with Crippen molar-refractivity contribution in [2.45, 2.75) is 36.0 Å². The van der Waals surface area contributed by atoms with Gasteiger partial charge in [-0.1, -0.05) is 47.5 Å². The van der Waals surface area contributed by atoms with Crippen molar-refractivity contribution in [2.24, 2.45) is 0 Å². The second kappa shape index (κ2) is 6.62. The quantitative estimate of drug-likeness (QED) is 0.698. The number of amides is 1. The highest BCUT2D eigenvalue weighted by molar-refractivity contribution is 7.91. The van der Waals surface area contributed by atoms with Crippen molar-refractivity contribution in [3.05, 3.63) is 75.5 Å². The number of aryl methyl sites for hydroxylation is 2. The zero-order valence-electron chi connectivity index (χ0n) is 15.0. The number of hydrogen-bond donors (Lipinski definition) is 1. The van der Waals surface area contributed by atoms with Gasteiger partial charge in [-0.2, -0.15) is 0 Å². The zero-order chi connectivity index (χ0) is 19.2. The summed E-state index contributed by atoms with van der Waals surface area (Å²) < 4.78 is 26.3. The zero-order valence-corrected chi connectivity index (χ0v) is 16.7. The lowest BCUT2D eigenvalue weighted by atomic mass is 9.90. The normalized spacial score (nSPS) is 16.7. The fraction of sp³-hybridized carbons (Fsp3) is 0.190. The Morgan fingerprint density at radius 3 is 2.19 bits per heavy atom. The molecule has 27 heavy (non-hydrogen) atoms. The van der Waals surface area contributed by atoms with E-state index >= 15 is 0 Å². The molecule has 0 radical (unpaired) electrons. The summed E-state index contributed by atoms with van der Waals surface area (Å²) in [5.74, 6) is -0.284. The Kier molecular flexibility index (Phi) is 4.40. The average molecular weight is 398 g/mol. The van der Waals surface area contributed by atoms with Crippen LogP contribution in [0.5, 0.6) is 0 Å². The van der Waals surface area contributed by atoms with E-state index in [-0.39, 0.29) is 21.6 Å². The highest BCUT2D eigenvalue weighted by atomic mass is 32.2. The highest BCUT2D eigenvalue weighted by Gasteiger charge is 2.34. The largest absolute Gasteiger partial charge is 0.324 e. The molecule has 0 saturated heterocycles. The van der Waals surface area contributed by atoms with Gasteiger partial charge in [-0.25, -0.2) is 8.42 Å². The Bertz CT molecular complexity index is 1110. The minimum Gasteiger partial charge on any atom is -0.324 e. The first-order chi connectivity index (χ1) is 12.9. The van der Waals surface area contributed by atoms with E-state index in [1.165, 1.54) is 11.3 Å². The van der Waals surface area contributed by atoms with Crippen molar-refractivity contribution in [3.63, 3.8) is 0 Å². The van der Waals surface area contributed by atoms with Gasteiger partial charge in [-0.15, -0.1) is 11.3 Å². The van der Waals surface area contributed by atoms with E-state index in [0.717, 1.165) is 21.6 Å². The third kappa shape index (κ3) is 3.19. The number of benzene rings is 2. The predicted octanol–water partition coefficient (Wildman–Crippen LogP) is 4.67. The Balaban J connectivity index is 1.82. The van der Waals surface area contributed by atoms with Gasteiger partial charge in [0.1, 0.15) is 4.90 Å². The molecule has 0 unspecified atom stereocenters. The fourth-order valence-electron chi connectivity index (χ4n) is 3.31. The highest BCUT2D eigenvalue weighted by Crippen LogP contribution is 2.45. The monoisotopic (exact) mass is 397 g/mol. The van der Waals surface area contributed by atoms with Crippen LogP contribution in [0.1, 0.15) is 33.9 Å². The van der Waals surface area contributed by atoms with Gasteiger partial charge in [0.15, 0.2) is 0 Å². The van der Waals surface area contributed by atoms with Gasteiger partial charge < -0.3 is 5.32 Å². The lowest BCUT2D eigenvalue weighted by molar-refractivity contribution is -0.116. The van der Waals surface area contributed by atoms with Gasteiger partial charge in [0.25, 0.3) is 0 Å². The van der Waals surface area contributed by atoms with Crippen LogP contribution in [0.25, 0.3) is 0 Å². The van der Waals surface area contributed by atoms with Crippen molar-refractivity contribution in [1.82, 2.24) is 0 Å². The number of hydrogen-bond acceptors (Lipinski definition) is 4. The first-order valence-electron chi connectivity index (χ1n) is 8.66. The number of rotatable bonds is 3. The molecule has 0 bridgehead atoms. The molecule has 1 aromatic heterocycles. The van der Waals surface area contributed by atoms with E-state index < -0.39 is 9.84 Å². The predicted molar refractivity (Wildman–Crippen MR) is 107 cm³/mol. The van der Waals surface area contributed by atoms with Gasteiger partial charge >= 0.3 is 0 Å². The molecule has 1 N–H and O–H groups in total. The Hall–Kier alpha value is -2.44. The average Bonchev–Trinajstić information content (AvgIpc) is 3.06. The number of carbonyl (C=O) groups is 1. The molecule has 2 aromatic carbocycles. The van der Waals surface area contributed by atoms with Crippen LogP contribution in [0.2, 0.25) is 0 Å². The maximum atomic E-state index is 13.1. The van der Waals surface area contributed by atoms with E-state index in [0.29, 0.717) is 12.1 Å². The van der Waals surface area contributed by atoms with Gasteiger partial charge in [0, 0.05) is 22.6 Å². The molecule has 3 aromatic rings. The molecule has 0 fully saturated rings. The van der Waals surface area contributed by atoms with E-state index in [4.69, 9.17) is 0 Å². The van der Waals surface area contributed by atoms with Crippen LogP contribution in [0, 0.1) is 13.8 Å². The van der Waals surface area contributed by atoms with Gasteiger partial charge in [0.2, 0.25) is 15.7 Å². The van der Waals surface area contributed by atoms with Crippen LogP contribution in [0.15, 0.2) is 63.7 Å². The molecule has 1 aliphatic heterocycles. The SMILES string of the molecule is Cc1ccc([C@H]2CC(=O)Nc3c(S(=O)(=O)c4ccc(C)cc4)csc32)cc1. The molecular weight excluding hydrogens is 378 g/mol. The summed E-state index contributed by atoms with van der Waals surface area (Å²) in [7, 11) is -3.69. The van der Waals surface area contributed by atoms with Crippen molar-refractivity contribution < 1.29 is 13.2 Å². The standard InChI is InChI=1S/C21H19NO3S2/c1-13-3-7-15(8-4-13)17-11-19(23)22-20-18(12-26-21(17)20)27(24,25)16-9-5-14(2)6-10-16/h3-10,12,17H,11H2,1-2H3,(H,22,23)/t17-/m1/s1. The number of nitrogens with one attached hydrogen (secondary N) is 1. The summed E-state index contributed by atoms with van der Waals surface area (Å²) in [5.41, 5.74) is 3.60. The lowest BCUT2D eigenvalue weighted by Crippen LogP contribution is -2.23. The molecule has 0 saturated carbocycles. The maximum Gasteiger partial charge on any atom is 0.225 e. The third-order valence-electron chi connectivity index (χ3n) is 4.86. The molecule has 4 nitrogen and oxygen atoms in total. The molecule has 138 valence electrons. The van der Waals surface area contributed by atoms with Crippen molar-refractivity contribution >= 4 is 32.8 Å². The van der Waals surface area contributed by atoms with E-state index in [1.807, 2.05) is 38.1 Å². The first kappa shape index (κ1) is 17.9. The van der Waals surface area contributed by atoms with Crippen LogP contribution < -0.4 is 5.32 Å². The second-order valence-corrected chi connectivity index (χ2v) is 9.70.